The first kappa shape index (κ1) is 26.2. The molecule has 0 atom stereocenters. The van der Waals surface area contributed by atoms with E-state index < -0.39 is 10.0 Å². The summed E-state index contributed by atoms with van der Waals surface area (Å²) in [5.41, 5.74) is 0.992. The van der Waals surface area contributed by atoms with E-state index in [0.29, 0.717) is 47.1 Å². The largest absolute Gasteiger partial charge is 0.302 e. The number of sulfonamides is 1. The van der Waals surface area contributed by atoms with Crippen molar-refractivity contribution in [2.75, 3.05) is 44.2 Å². The molecule has 0 saturated heterocycles. The highest BCUT2D eigenvalue weighted by atomic mass is 32.2. The second kappa shape index (κ2) is 11.4. The number of aromatic nitrogens is 1. The van der Waals surface area contributed by atoms with Crippen LogP contribution in [0.1, 0.15) is 38.1 Å². The standard InChI is InChI=1S/C24H31FN4O3S2/c1-5-27(6-2)15-16-29(24-26-21-14-11-19(25)17-22(21)33-24)23(30)18-9-12-20(13-10-18)34(31,32)28(7-3)8-4/h9-14,17H,5-8,15-16H2,1-4H3. The third-order valence-electron chi connectivity index (χ3n) is 5.79. The van der Waals surface area contributed by atoms with E-state index in [1.54, 1.807) is 24.8 Å². The summed E-state index contributed by atoms with van der Waals surface area (Å²) in [6, 6.07) is 10.4. The topological polar surface area (TPSA) is 73.8 Å². The number of anilines is 1. The molecule has 3 aromatic rings. The Morgan fingerprint density at radius 2 is 1.59 bits per heavy atom. The first-order valence-corrected chi connectivity index (χ1v) is 13.7. The fraction of sp³-hybridized carbons (Fsp3) is 0.417. The van der Waals surface area contributed by atoms with Crippen LogP contribution >= 0.6 is 11.3 Å². The van der Waals surface area contributed by atoms with Crippen molar-refractivity contribution in [3.8, 4) is 0 Å². The number of hydrogen-bond acceptors (Lipinski definition) is 6. The van der Waals surface area contributed by atoms with Crippen LogP contribution in [-0.2, 0) is 10.0 Å². The molecule has 1 aromatic heterocycles. The van der Waals surface area contributed by atoms with E-state index in [1.807, 2.05) is 0 Å². The number of benzene rings is 2. The second-order valence-electron chi connectivity index (χ2n) is 7.71. The van der Waals surface area contributed by atoms with Crippen LogP contribution < -0.4 is 4.90 Å². The van der Waals surface area contributed by atoms with E-state index in [4.69, 9.17) is 0 Å². The molecule has 1 heterocycles. The molecule has 0 saturated carbocycles. The summed E-state index contributed by atoms with van der Waals surface area (Å²) in [6.45, 7) is 11.2. The van der Waals surface area contributed by atoms with Gasteiger partial charge in [0.2, 0.25) is 10.0 Å². The van der Waals surface area contributed by atoms with Gasteiger partial charge in [0.05, 0.1) is 15.1 Å². The molecule has 34 heavy (non-hydrogen) atoms. The maximum atomic E-state index is 13.7. The molecule has 0 N–H and O–H groups in total. The number of likely N-dealkylation sites (N-methyl/N-ethyl adjacent to an activating group) is 1. The first-order valence-electron chi connectivity index (χ1n) is 11.5. The van der Waals surface area contributed by atoms with E-state index in [2.05, 4.69) is 23.7 Å². The molecule has 0 aliphatic rings. The van der Waals surface area contributed by atoms with Crippen molar-refractivity contribution in [2.24, 2.45) is 0 Å². The fourth-order valence-corrected chi connectivity index (χ4v) is 6.18. The minimum absolute atomic E-state index is 0.151. The van der Waals surface area contributed by atoms with Crippen molar-refractivity contribution >= 4 is 42.6 Å². The van der Waals surface area contributed by atoms with Gasteiger partial charge in [0.1, 0.15) is 5.82 Å². The second-order valence-corrected chi connectivity index (χ2v) is 10.7. The third-order valence-corrected chi connectivity index (χ3v) is 8.90. The smallest absolute Gasteiger partial charge is 0.260 e. The third kappa shape index (κ3) is 5.63. The number of hydrogen-bond donors (Lipinski definition) is 0. The molecule has 2 aromatic carbocycles. The van der Waals surface area contributed by atoms with E-state index in [-0.39, 0.29) is 16.6 Å². The van der Waals surface area contributed by atoms with E-state index >= 15 is 0 Å². The van der Waals surface area contributed by atoms with Crippen LogP contribution in [0.15, 0.2) is 47.4 Å². The molecule has 0 bridgehead atoms. The number of rotatable bonds is 11. The molecular weight excluding hydrogens is 475 g/mol. The van der Waals surface area contributed by atoms with Crippen LogP contribution in [0.4, 0.5) is 9.52 Å². The molecular formula is C24H31FN4O3S2. The average Bonchev–Trinajstić information content (AvgIpc) is 3.25. The van der Waals surface area contributed by atoms with Gasteiger partial charge in [-0.25, -0.2) is 17.8 Å². The Morgan fingerprint density at radius 1 is 0.941 bits per heavy atom. The summed E-state index contributed by atoms with van der Waals surface area (Å²) in [4.78, 5) is 22.0. The van der Waals surface area contributed by atoms with E-state index in [0.717, 1.165) is 13.1 Å². The lowest BCUT2D eigenvalue weighted by molar-refractivity contribution is 0.0983. The average molecular weight is 507 g/mol. The van der Waals surface area contributed by atoms with Gasteiger partial charge < -0.3 is 4.90 Å². The van der Waals surface area contributed by atoms with Gasteiger partial charge in [-0.3, -0.25) is 9.69 Å². The van der Waals surface area contributed by atoms with Crippen molar-refractivity contribution in [3.05, 3.63) is 53.8 Å². The quantitative estimate of drug-likeness (QED) is 0.384. The summed E-state index contributed by atoms with van der Waals surface area (Å²) in [5.74, 6) is -0.632. The molecule has 7 nitrogen and oxygen atoms in total. The highest BCUT2D eigenvalue weighted by Gasteiger charge is 2.25. The monoisotopic (exact) mass is 506 g/mol. The van der Waals surface area contributed by atoms with E-state index in [1.165, 1.54) is 52.0 Å². The molecule has 10 heteroatoms. The summed E-state index contributed by atoms with van der Waals surface area (Å²) in [6.07, 6.45) is 0. The highest BCUT2D eigenvalue weighted by Crippen LogP contribution is 2.30. The van der Waals surface area contributed by atoms with Crippen LogP contribution in [0.5, 0.6) is 0 Å². The first-order chi connectivity index (χ1) is 16.2. The van der Waals surface area contributed by atoms with Crippen LogP contribution in [-0.4, -0.2) is 67.8 Å². The van der Waals surface area contributed by atoms with Gasteiger partial charge in [-0.05, 0) is 55.6 Å². The predicted octanol–water partition coefficient (Wildman–Crippen LogP) is 4.45. The lowest BCUT2D eigenvalue weighted by Gasteiger charge is -2.25. The molecule has 3 rings (SSSR count). The molecule has 1 amide bonds. The van der Waals surface area contributed by atoms with Crippen molar-refractivity contribution in [3.63, 3.8) is 0 Å². The SMILES string of the molecule is CCN(CC)CCN(C(=O)c1ccc(S(=O)(=O)N(CC)CC)cc1)c1nc2ccc(F)cc2s1. The van der Waals surface area contributed by atoms with Crippen LogP contribution in [0.3, 0.4) is 0 Å². The Morgan fingerprint density at radius 3 is 2.18 bits per heavy atom. The van der Waals surface area contributed by atoms with Crippen LogP contribution in [0, 0.1) is 5.82 Å². The molecule has 184 valence electrons. The van der Waals surface area contributed by atoms with Gasteiger partial charge in [0.15, 0.2) is 5.13 Å². The Balaban J connectivity index is 1.94. The fourth-order valence-electron chi connectivity index (χ4n) is 3.70. The van der Waals surface area contributed by atoms with Crippen LogP contribution in [0.25, 0.3) is 10.2 Å². The Bertz CT molecular complexity index is 1220. The van der Waals surface area contributed by atoms with Crippen molar-refractivity contribution in [2.45, 2.75) is 32.6 Å². The number of nitrogens with zero attached hydrogens (tertiary/aromatic N) is 4. The molecule has 0 radical (unpaired) electrons. The summed E-state index contributed by atoms with van der Waals surface area (Å²) in [5, 5.41) is 0.484. The maximum Gasteiger partial charge on any atom is 0.260 e. The molecule has 0 spiro atoms. The van der Waals surface area contributed by atoms with Gasteiger partial charge in [-0.15, -0.1) is 0 Å². The lowest BCUT2D eigenvalue weighted by atomic mass is 10.2. The Kier molecular flexibility index (Phi) is 8.75. The summed E-state index contributed by atoms with van der Waals surface area (Å²) in [7, 11) is -3.61. The number of halogens is 1. The van der Waals surface area contributed by atoms with Gasteiger partial charge >= 0.3 is 0 Å². The number of carbonyl (C=O) groups excluding carboxylic acids is 1. The normalized spacial score (nSPS) is 12.1. The van der Waals surface area contributed by atoms with Crippen LogP contribution in [0.2, 0.25) is 0 Å². The molecule has 0 aliphatic carbocycles. The highest BCUT2D eigenvalue weighted by molar-refractivity contribution is 7.89. The minimum atomic E-state index is -3.61. The van der Waals surface area contributed by atoms with Crippen molar-refractivity contribution < 1.29 is 17.6 Å². The van der Waals surface area contributed by atoms with E-state index in [9.17, 15) is 17.6 Å². The Labute approximate surface area is 204 Å². The molecule has 0 fully saturated rings. The number of fused-ring (bicyclic) bond motifs is 1. The van der Waals surface area contributed by atoms with Gasteiger partial charge in [-0.1, -0.05) is 39.0 Å². The molecule has 0 aliphatic heterocycles. The zero-order valence-electron chi connectivity index (χ0n) is 20.0. The number of carbonyl (C=O) groups is 1. The zero-order valence-corrected chi connectivity index (χ0v) is 21.6. The zero-order chi connectivity index (χ0) is 24.9. The van der Waals surface area contributed by atoms with Gasteiger partial charge in [0.25, 0.3) is 5.91 Å². The summed E-state index contributed by atoms with van der Waals surface area (Å²) >= 11 is 1.26. The summed E-state index contributed by atoms with van der Waals surface area (Å²) < 4.78 is 41.3. The van der Waals surface area contributed by atoms with Gasteiger partial charge in [0, 0.05) is 31.7 Å². The maximum absolute atomic E-state index is 13.7. The van der Waals surface area contributed by atoms with Crippen molar-refractivity contribution in [1.82, 2.24) is 14.2 Å². The number of amides is 1. The lowest BCUT2D eigenvalue weighted by Crippen LogP contribution is -2.39. The van der Waals surface area contributed by atoms with Crippen molar-refractivity contribution in [1.29, 1.82) is 0 Å². The predicted molar refractivity (Wildman–Crippen MR) is 136 cm³/mol. The van der Waals surface area contributed by atoms with Gasteiger partial charge in [-0.2, -0.15) is 4.31 Å². The molecule has 0 unspecified atom stereocenters. The Hall–Kier alpha value is -2.40. The number of thiazole rings is 1. The minimum Gasteiger partial charge on any atom is -0.302 e.